The Morgan fingerprint density at radius 3 is 3.14 bits per heavy atom. The van der Waals surface area contributed by atoms with Gasteiger partial charge in [0.1, 0.15) is 0 Å². The third-order valence-corrected chi connectivity index (χ3v) is 5.85. The van der Waals surface area contributed by atoms with Gasteiger partial charge >= 0.3 is 0 Å². The Morgan fingerprint density at radius 1 is 1.19 bits per heavy atom. The molecule has 2 aliphatic heterocycles. The second kappa shape index (κ2) is 4.48. The monoisotopic (exact) mass is 278 g/mol. The van der Waals surface area contributed by atoms with Gasteiger partial charge in [0.25, 0.3) is 0 Å². The highest BCUT2D eigenvalue weighted by molar-refractivity contribution is 5.85. The molecule has 3 heterocycles. The third kappa shape index (κ3) is 1.75. The van der Waals surface area contributed by atoms with Gasteiger partial charge in [-0.1, -0.05) is 29.8 Å². The molecule has 0 spiro atoms. The molecule has 1 aliphatic carbocycles. The van der Waals surface area contributed by atoms with Gasteiger partial charge in [-0.05, 0) is 49.7 Å². The third-order valence-electron chi connectivity index (χ3n) is 5.85. The van der Waals surface area contributed by atoms with E-state index in [4.69, 9.17) is 0 Å². The molecule has 1 fully saturated rings. The number of aromatic amines is 1. The molecule has 0 bridgehead atoms. The predicted octanol–water partition coefficient (Wildman–Crippen LogP) is 4.20. The number of para-hydroxylation sites is 1. The number of fused-ring (bicyclic) bond motifs is 6. The van der Waals surface area contributed by atoms with E-state index in [1.54, 1.807) is 11.1 Å². The number of benzene rings is 1. The molecule has 3 aliphatic rings. The summed E-state index contributed by atoms with van der Waals surface area (Å²) in [7, 11) is 0. The van der Waals surface area contributed by atoms with Crippen LogP contribution in [0.1, 0.15) is 43.0 Å². The fourth-order valence-corrected chi connectivity index (χ4v) is 4.80. The highest BCUT2D eigenvalue weighted by Crippen LogP contribution is 2.45. The first-order chi connectivity index (χ1) is 10.4. The fraction of sp³-hybridized carbons (Fsp3) is 0.474. The predicted molar refractivity (Wildman–Crippen MR) is 86.4 cm³/mol. The van der Waals surface area contributed by atoms with Crippen molar-refractivity contribution in [3.8, 4) is 0 Å². The number of aromatic nitrogens is 1. The maximum Gasteiger partial charge on any atom is 0.0510 e. The number of nitrogens with one attached hydrogen (secondary N) is 1. The molecule has 0 unspecified atom stereocenters. The second-order valence-electron chi connectivity index (χ2n) is 6.94. The van der Waals surface area contributed by atoms with Crippen LogP contribution in [0, 0.1) is 5.92 Å². The number of piperidine rings is 1. The molecule has 0 radical (unpaired) electrons. The van der Waals surface area contributed by atoms with Crippen LogP contribution in [0.5, 0.6) is 0 Å². The van der Waals surface area contributed by atoms with Crippen molar-refractivity contribution in [3.05, 3.63) is 47.2 Å². The molecular formula is C19H22N2. The minimum absolute atomic E-state index is 0.626. The first-order valence-corrected chi connectivity index (χ1v) is 8.42. The topological polar surface area (TPSA) is 19.0 Å². The first kappa shape index (κ1) is 12.0. The Bertz CT molecular complexity index is 724. The van der Waals surface area contributed by atoms with Gasteiger partial charge in [-0.25, -0.2) is 0 Å². The second-order valence-corrected chi connectivity index (χ2v) is 6.94. The van der Waals surface area contributed by atoms with E-state index in [0.29, 0.717) is 6.04 Å². The normalized spacial score (nSPS) is 28.7. The van der Waals surface area contributed by atoms with E-state index in [2.05, 4.69) is 40.2 Å². The zero-order valence-electron chi connectivity index (χ0n) is 12.4. The molecule has 1 aromatic carbocycles. The van der Waals surface area contributed by atoms with Gasteiger partial charge in [-0.2, -0.15) is 0 Å². The number of hydrogen-bond donors (Lipinski definition) is 1. The Balaban J connectivity index is 1.60. The van der Waals surface area contributed by atoms with E-state index < -0.39 is 0 Å². The van der Waals surface area contributed by atoms with Crippen molar-refractivity contribution in [3.63, 3.8) is 0 Å². The maximum atomic E-state index is 3.75. The Hall–Kier alpha value is -1.54. The number of allylic oxidation sites excluding steroid dienone is 1. The van der Waals surface area contributed by atoms with E-state index in [9.17, 15) is 0 Å². The minimum Gasteiger partial charge on any atom is -0.357 e. The Labute approximate surface area is 125 Å². The fourth-order valence-electron chi connectivity index (χ4n) is 4.80. The molecule has 5 rings (SSSR count). The average molecular weight is 278 g/mol. The summed E-state index contributed by atoms with van der Waals surface area (Å²) in [5.41, 5.74) is 6.17. The van der Waals surface area contributed by atoms with Crippen molar-refractivity contribution >= 4 is 10.9 Å². The molecule has 2 nitrogen and oxygen atoms in total. The molecule has 1 N–H and O–H groups in total. The number of H-pyrrole nitrogens is 1. The van der Waals surface area contributed by atoms with Crippen LogP contribution >= 0.6 is 0 Å². The number of hydrogen-bond acceptors (Lipinski definition) is 1. The first-order valence-electron chi connectivity index (χ1n) is 8.42. The lowest BCUT2D eigenvalue weighted by molar-refractivity contribution is 0.132. The van der Waals surface area contributed by atoms with Gasteiger partial charge in [0.2, 0.25) is 0 Å². The summed E-state index contributed by atoms with van der Waals surface area (Å²) in [6.45, 7) is 2.44. The molecule has 2 aromatic rings. The standard InChI is InChI=1S/C19H22N2/c1-2-6-14-12-21-10-9-16-15-7-3-4-8-17(15)20-19(16)18(21)11-13(14)5-1/h3-4,6-8,13,18,20H,1-2,5,9-12H2/t13-,18-/m0/s1. The smallest absolute Gasteiger partial charge is 0.0510 e. The van der Waals surface area contributed by atoms with Crippen LogP contribution in [0.15, 0.2) is 35.9 Å². The zero-order chi connectivity index (χ0) is 13.8. The minimum atomic E-state index is 0.626. The van der Waals surface area contributed by atoms with Crippen molar-refractivity contribution < 1.29 is 0 Å². The van der Waals surface area contributed by atoms with Crippen LogP contribution in [0.4, 0.5) is 0 Å². The maximum absolute atomic E-state index is 3.75. The summed E-state index contributed by atoms with van der Waals surface area (Å²) >= 11 is 0. The van der Waals surface area contributed by atoms with Crippen LogP contribution < -0.4 is 0 Å². The van der Waals surface area contributed by atoms with Gasteiger partial charge in [0.05, 0.1) is 6.04 Å². The molecule has 0 saturated carbocycles. The molecule has 21 heavy (non-hydrogen) atoms. The lowest BCUT2D eigenvalue weighted by atomic mass is 9.77. The van der Waals surface area contributed by atoms with Gasteiger partial charge in [-0.15, -0.1) is 0 Å². The Morgan fingerprint density at radius 2 is 2.14 bits per heavy atom. The molecule has 2 atom stereocenters. The van der Waals surface area contributed by atoms with E-state index in [-0.39, 0.29) is 0 Å². The number of rotatable bonds is 0. The van der Waals surface area contributed by atoms with E-state index in [1.807, 2.05) is 0 Å². The molecule has 108 valence electrons. The highest BCUT2D eigenvalue weighted by atomic mass is 15.2. The van der Waals surface area contributed by atoms with Crippen molar-refractivity contribution in [2.24, 2.45) is 5.92 Å². The SMILES string of the molecule is C1=C2CN3CCc4c([nH]c5ccccc45)[C@@H]3C[C@@H]2CCC1. The highest BCUT2D eigenvalue weighted by Gasteiger charge is 2.37. The van der Waals surface area contributed by atoms with Gasteiger partial charge in [0, 0.05) is 29.7 Å². The quantitative estimate of drug-likeness (QED) is 0.716. The molecule has 0 amide bonds. The Kier molecular flexibility index (Phi) is 2.57. The van der Waals surface area contributed by atoms with Crippen molar-refractivity contribution in [2.45, 2.75) is 38.1 Å². The van der Waals surface area contributed by atoms with Crippen LogP contribution in [0.25, 0.3) is 10.9 Å². The van der Waals surface area contributed by atoms with Crippen LogP contribution in [0.2, 0.25) is 0 Å². The summed E-state index contributed by atoms with van der Waals surface area (Å²) in [5.74, 6) is 0.845. The van der Waals surface area contributed by atoms with Crippen LogP contribution in [-0.2, 0) is 6.42 Å². The molecular weight excluding hydrogens is 256 g/mol. The summed E-state index contributed by atoms with van der Waals surface area (Å²) in [5, 5.41) is 1.46. The lowest BCUT2D eigenvalue weighted by Crippen LogP contribution is -2.43. The van der Waals surface area contributed by atoms with E-state index in [1.165, 1.54) is 61.8 Å². The lowest BCUT2D eigenvalue weighted by Gasteiger charge is -2.44. The zero-order valence-corrected chi connectivity index (χ0v) is 12.4. The van der Waals surface area contributed by atoms with Crippen LogP contribution in [0.3, 0.4) is 0 Å². The van der Waals surface area contributed by atoms with E-state index in [0.717, 1.165) is 5.92 Å². The van der Waals surface area contributed by atoms with Crippen molar-refractivity contribution in [2.75, 3.05) is 13.1 Å². The van der Waals surface area contributed by atoms with Gasteiger partial charge in [-0.3, -0.25) is 4.90 Å². The number of nitrogens with zero attached hydrogens (tertiary/aromatic N) is 1. The van der Waals surface area contributed by atoms with Gasteiger partial charge < -0.3 is 4.98 Å². The van der Waals surface area contributed by atoms with Crippen molar-refractivity contribution in [1.29, 1.82) is 0 Å². The molecule has 1 saturated heterocycles. The van der Waals surface area contributed by atoms with Crippen LogP contribution in [-0.4, -0.2) is 23.0 Å². The molecule has 1 aromatic heterocycles. The van der Waals surface area contributed by atoms with E-state index >= 15 is 0 Å². The summed E-state index contributed by atoms with van der Waals surface area (Å²) < 4.78 is 0. The summed E-state index contributed by atoms with van der Waals surface area (Å²) in [4.78, 5) is 6.46. The molecule has 2 heteroatoms. The summed E-state index contributed by atoms with van der Waals surface area (Å²) in [6.07, 6.45) is 9.17. The average Bonchev–Trinajstić information content (AvgIpc) is 2.92. The largest absolute Gasteiger partial charge is 0.357 e. The van der Waals surface area contributed by atoms with Crippen molar-refractivity contribution in [1.82, 2.24) is 9.88 Å². The summed E-state index contributed by atoms with van der Waals surface area (Å²) in [6, 6.07) is 9.46. The van der Waals surface area contributed by atoms with Gasteiger partial charge in [0.15, 0.2) is 0 Å².